The molecule has 9 nitrogen and oxygen atoms in total. The highest BCUT2D eigenvalue weighted by Crippen LogP contribution is 2.33. The Kier molecular flexibility index (Phi) is 8.87. The van der Waals surface area contributed by atoms with Crippen molar-refractivity contribution < 1.29 is 19.1 Å². The molecule has 1 atom stereocenters. The molecule has 10 heteroatoms. The van der Waals surface area contributed by atoms with Gasteiger partial charge in [0.15, 0.2) is 11.7 Å². The molecule has 4 aromatic rings. The molecule has 0 aliphatic carbocycles. The summed E-state index contributed by atoms with van der Waals surface area (Å²) in [4.78, 5) is 25.4. The molecule has 3 aromatic carbocycles. The summed E-state index contributed by atoms with van der Waals surface area (Å²) in [6.07, 6.45) is 1.63. The Morgan fingerprint density at radius 2 is 1.77 bits per heavy atom. The quantitative estimate of drug-likeness (QED) is 0.107. The maximum atomic E-state index is 12.8. The van der Waals surface area contributed by atoms with Gasteiger partial charge < -0.3 is 24.7 Å². The van der Waals surface area contributed by atoms with E-state index in [9.17, 15) is 9.59 Å². The van der Waals surface area contributed by atoms with Gasteiger partial charge in [0.1, 0.15) is 5.75 Å². The summed E-state index contributed by atoms with van der Waals surface area (Å²) >= 11 is 5.34. The van der Waals surface area contributed by atoms with Gasteiger partial charge in [0.05, 0.1) is 24.4 Å². The number of aryl methyl sites for hydroxylation is 1. The number of ether oxygens (including phenoxy) is 2. The predicted molar refractivity (Wildman–Crippen MR) is 171 cm³/mol. The highest BCUT2D eigenvalue weighted by molar-refractivity contribution is 7.80. The van der Waals surface area contributed by atoms with Crippen LogP contribution in [0.5, 0.6) is 5.75 Å². The summed E-state index contributed by atoms with van der Waals surface area (Å²) in [5, 5.41) is 13.0. The first-order valence-corrected chi connectivity index (χ1v) is 14.3. The molecule has 2 heterocycles. The number of thiocarbonyl (C=S) groups is 1. The van der Waals surface area contributed by atoms with E-state index >= 15 is 0 Å². The van der Waals surface area contributed by atoms with E-state index in [1.165, 1.54) is 10.8 Å². The Morgan fingerprint density at radius 1 is 1.02 bits per heavy atom. The van der Waals surface area contributed by atoms with Crippen LogP contribution in [0.1, 0.15) is 42.4 Å². The maximum absolute atomic E-state index is 12.8. The van der Waals surface area contributed by atoms with E-state index in [4.69, 9.17) is 21.7 Å². The number of esters is 1. The van der Waals surface area contributed by atoms with Crippen molar-refractivity contribution in [2.75, 3.05) is 13.2 Å². The highest BCUT2D eigenvalue weighted by Gasteiger charge is 2.32. The fourth-order valence-corrected chi connectivity index (χ4v) is 5.51. The standard InChI is InChI=1S/C33H33N5O4S/c1-5-41-32(40)30-21(3)35-33(43)36-31(30)27-12-8-9-13-28(27)42-19-29(39)37-34-18-25-16-20(2)38(22(25)4)26-15-14-23-10-6-7-11-24(23)17-26/h6-18,31H,5,19H2,1-4H3,(H,37,39)(H2,35,36,43)/t31-/m1/s1. The number of aromatic nitrogens is 1. The number of nitrogens with zero attached hydrogens (tertiary/aromatic N) is 2. The van der Waals surface area contributed by atoms with E-state index < -0.39 is 17.9 Å². The molecule has 1 aliphatic heterocycles. The number of allylic oxidation sites excluding steroid dienone is 1. The molecular weight excluding hydrogens is 562 g/mol. The van der Waals surface area contributed by atoms with Crippen molar-refractivity contribution >= 4 is 46.2 Å². The Morgan fingerprint density at radius 3 is 2.56 bits per heavy atom. The summed E-state index contributed by atoms with van der Waals surface area (Å²) in [5.41, 5.74) is 8.18. The van der Waals surface area contributed by atoms with Crippen LogP contribution in [0.25, 0.3) is 16.5 Å². The summed E-state index contributed by atoms with van der Waals surface area (Å²) in [7, 11) is 0. The smallest absolute Gasteiger partial charge is 0.338 e. The highest BCUT2D eigenvalue weighted by atomic mass is 32.1. The first-order chi connectivity index (χ1) is 20.8. The molecule has 0 radical (unpaired) electrons. The number of benzene rings is 3. The lowest BCUT2D eigenvalue weighted by Gasteiger charge is -2.30. The minimum absolute atomic E-state index is 0.235. The van der Waals surface area contributed by atoms with Gasteiger partial charge in [-0.15, -0.1) is 0 Å². The minimum Gasteiger partial charge on any atom is -0.483 e. The van der Waals surface area contributed by atoms with Gasteiger partial charge in [-0.1, -0.05) is 48.5 Å². The average molecular weight is 596 g/mol. The van der Waals surface area contributed by atoms with E-state index in [1.54, 1.807) is 32.2 Å². The van der Waals surface area contributed by atoms with Gasteiger partial charge in [0, 0.05) is 33.9 Å². The summed E-state index contributed by atoms with van der Waals surface area (Å²) in [5.74, 6) is -0.466. The molecule has 1 aromatic heterocycles. The number of hydrazone groups is 1. The Balaban J connectivity index is 1.26. The molecule has 0 bridgehead atoms. The van der Waals surface area contributed by atoms with Crippen LogP contribution in [-0.4, -0.2) is 41.0 Å². The van der Waals surface area contributed by atoms with Gasteiger partial charge in [-0.05, 0) is 75.0 Å². The van der Waals surface area contributed by atoms with Crippen LogP contribution in [0.4, 0.5) is 0 Å². The van der Waals surface area contributed by atoms with Gasteiger partial charge in [-0.25, -0.2) is 10.2 Å². The number of carbonyl (C=O) groups excluding carboxylic acids is 2. The molecule has 0 unspecified atom stereocenters. The summed E-state index contributed by atoms with van der Waals surface area (Å²) in [6, 6.07) is 23.2. The van der Waals surface area contributed by atoms with Crippen LogP contribution in [0.3, 0.4) is 0 Å². The van der Waals surface area contributed by atoms with Crippen molar-refractivity contribution in [2.24, 2.45) is 5.10 Å². The molecule has 0 saturated carbocycles. The second-order valence-corrected chi connectivity index (χ2v) is 10.5. The third-order valence-corrected chi connectivity index (χ3v) is 7.43. The topological polar surface area (TPSA) is 106 Å². The average Bonchev–Trinajstić information content (AvgIpc) is 3.27. The molecule has 1 aliphatic rings. The molecule has 0 fully saturated rings. The molecule has 43 heavy (non-hydrogen) atoms. The lowest BCUT2D eigenvalue weighted by Crippen LogP contribution is -2.45. The molecule has 5 rings (SSSR count). The second kappa shape index (κ2) is 12.9. The molecule has 0 spiro atoms. The van der Waals surface area contributed by atoms with Gasteiger partial charge >= 0.3 is 5.97 Å². The number of nitrogens with one attached hydrogen (secondary N) is 3. The minimum atomic E-state index is -0.608. The Labute approximate surface area is 255 Å². The van der Waals surface area contributed by atoms with Gasteiger partial charge in [-0.2, -0.15) is 5.10 Å². The van der Waals surface area contributed by atoms with Gasteiger partial charge in [-0.3, -0.25) is 4.79 Å². The fraction of sp³-hybridized carbons (Fsp3) is 0.212. The first kappa shape index (κ1) is 29.5. The predicted octanol–water partition coefficient (Wildman–Crippen LogP) is 5.13. The number of carbonyl (C=O) groups is 2. The van der Waals surface area contributed by atoms with Crippen molar-refractivity contribution in [3.63, 3.8) is 0 Å². The zero-order chi connectivity index (χ0) is 30.5. The third kappa shape index (κ3) is 6.44. The second-order valence-electron chi connectivity index (χ2n) is 10.1. The fourth-order valence-electron chi connectivity index (χ4n) is 5.24. The largest absolute Gasteiger partial charge is 0.483 e. The first-order valence-electron chi connectivity index (χ1n) is 13.9. The van der Waals surface area contributed by atoms with Crippen LogP contribution < -0.4 is 20.8 Å². The molecule has 0 saturated heterocycles. The van der Waals surface area contributed by atoms with Crippen LogP contribution in [0.2, 0.25) is 0 Å². The molecule has 220 valence electrons. The number of hydrogen-bond donors (Lipinski definition) is 3. The van der Waals surface area contributed by atoms with E-state index in [0.29, 0.717) is 27.7 Å². The maximum Gasteiger partial charge on any atom is 0.338 e. The lowest BCUT2D eigenvalue weighted by molar-refractivity contribution is -0.139. The third-order valence-electron chi connectivity index (χ3n) is 7.21. The number of hydrogen-bond acceptors (Lipinski definition) is 6. The van der Waals surface area contributed by atoms with Crippen molar-refractivity contribution in [1.29, 1.82) is 0 Å². The zero-order valence-corrected chi connectivity index (χ0v) is 25.2. The van der Waals surface area contributed by atoms with E-state index in [1.807, 2.05) is 44.2 Å². The normalized spacial score (nSPS) is 14.9. The van der Waals surface area contributed by atoms with Gasteiger partial charge in [0.2, 0.25) is 0 Å². The zero-order valence-electron chi connectivity index (χ0n) is 24.4. The molecular formula is C33H33N5O4S. The van der Waals surface area contributed by atoms with Crippen molar-refractivity contribution in [1.82, 2.24) is 20.6 Å². The van der Waals surface area contributed by atoms with Crippen molar-refractivity contribution in [2.45, 2.75) is 33.7 Å². The van der Waals surface area contributed by atoms with Crippen molar-refractivity contribution in [3.8, 4) is 11.4 Å². The van der Waals surface area contributed by atoms with E-state index in [-0.39, 0.29) is 13.2 Å². The number of amides is 1. The lowest BCUT2D eigenvalue weighted by atomic mass is 9.95. The van der Waals surface area contributed by atoms with Crippen LogP contribution in [-0.2, 0) is 14.3 Å². The summed E-state index contributed by atoms with van der Waals surface area (Å²) in [6.45, 7) is 7.53. The Hall–Kier alpha value is -4.96. The van der Waals surface area contributed by atoms with E-state index in [0.717, 1.165) is 22.6 Å². The van der Waals surface area contributed by atoms with E-state index in [2.05, 4.69) is 56.1 Å². The van der Waals surface area contributed by atoms with Crippen LogP contribution in [0.15, 0.2) is 89.2 Å². The molecule has 1 amide bonds. The number of rotatable bonds is 9. The van der Waals surface area contributed by atoms with Crippen LogP contribution in [0, 0.1) is 13.8 Å². The SMILES string of the molecule is CCOC(=O)C1=C(C)NC(=S)N[C@@H]1c1ccccc1OCC(=O)NN=Cc1cc(C)n(-c2ccc3ccccc3c2)c1C. The van der Waals surface area contributed by atoms with Crippen LogP contribution >= 0.6 is 12.2 Å². The number of para-hydroxylation sites is 1. The van der Waals surface area contributed by atoms with Crippen molar-refractivity contribution in [3.05, 3.63) is 107 Å². The summed E-state index contributed by atoms with van der Waals surface area (Å²) < 4.78 is 13.3. The molecule has 3 N–H and O–H groups in total. The Bertz CT molecular complexity index is 1770. The monoisotopic (exact) mass is 595 g/mol. The van der Waals surface area contributed by atoms with Gasteiger partial charge in [0.25, 0.3) is 5.91 Å². The number of fused-ring (bicyclic) bond motifs is 1.